The summed E-state index contributed by atoms with van der Waals surface area (Å²) in [7, 11) is -7.82. The number of carbonyl (C=O) groups is 3. The first-order valence-electron chi connectivity index (χ1n) is 20.5. The van der Waals surface area contributed by atoms with Crippen molar-refractivity contribution in [1.82, 2.24) is 39.5 Å². The Morgan fingerprint density at radius 3 is 2.24 bits per heavy atom. The van der Waals surface area contributed by atoms with E-state index in [2.05, 4.69) is 32.3 Å². The quantitative estimate of drug-likeness (QED) is 0.0541. The fraction of sp³-hybridized carbons (Fsp3) is 0.381. The highest BCUT2D eigenvalue weighted by Crippen LogP contribution is 2.68. The van der Waals surface area contributed by atoms with Gasteiger partial charge in [-0.2, -0.15) is 45.3 Å². The van der Waals surface area contributed by atoms with Gasteiger partial charge in [0.25, 0.3) is 11.8 Å². The summed E-state index contributed by atoms with van der Waals surface area (Å²) >= 11 is 6.56. The molecule has 2 aromatic carbocycles. The third-order valence-corrected chi connectivity index (χ3v) is 14.6. The van der Waals surface area contributed by atoms with Gasteiger partial charge in [0.15, 0.2) is 15.5 Å². The van der Waals surface area contributed by atoms with Crippen LogP contribution >= 0.6 is 11.6 Å². The summed E-state index contributed by atoms with van der Waals surface area (Å²) in [6.07, 6.45) is -12.2. The number of carbonyl (C=O) groups excluding carboxylic acids is 2. The van der Waals surface area contributed by atoms with E-state index in [1.54, 1.807) is 5.32 Å². The first kappa shape index (κ1) is 52.4. The Labute approximate surface area is 401 Å². The van der Waals surface area contributed by atoms with Gasteiger partial charge >= 0.3 is 18.4 Å². The summed E-state index contributed by atoms with van der Waals surface area (Å²) in [4.78, 5) is 42.5. The summed E-state index contributed by atoms with van der Waals surface area (Å²) in [5.41, 5.74) is -6.32. The molecule has 3 aromatic heterocycles. The van der Waals surface area contributed by atoms with Crippen molar-refractivity contribution in [3.05, 3.63) is 98.7 Å². The topological polar surface area (TPSA) is 216 Å². The van der Waals surface area contributed by atoms with E-state index in [0.717, 1.165) is 42.7 Å². The molecule has 5 aromatic rings. The summed E-state index contributed by atoms with van der Waals surface area (Å²) in [6.45, 7) is -2.99. The van der Waals surface area contributed by atoms with E-state index in [4.69, 9.17) is 16.7 Å². The van der Waals surface area contributed by atoms with Gasteiger partial charge in [0.2, 0.25) is 16.8 Å². The number of benzene rings is 2. The molecular formula is C42H35ClF10N8O8S2. The average molecular weight is 1070 g/mol. The number of rotatable bonds is 14. The minimum atomic E-state index is -5.23. The molecule has 380 valence electrons. The smallest absolute Gasteiger partial charge is 0.435 e. The number of fused-ring (bicyclic) bond motifs is 4. The van der Waals surface area contributed by atoms with Crippen LogP contribution in [0.4, 0.5) is 48.7 Å². The molecule has 0 radical (unpaired) electrons. The lowest BCUT2D eigenvalue weighted by atomic mass is 9.93. The van der Waals surface area contributed by atoms with E-state index < -0.39 is 163 Å². The van der Waals surface area contributed by atoms with E-state index >= 15 is 8.78 Å². The number of nitrogens with zero attached hydrogens (tertiary/aromatic N) is 6. The van der Waals surface area contributed by atoms with Crippen molar-refractivity contribution in [2.75, 3.05) is 12.8 Å². The molecule has 71 heavy (non-hydrogen) atoms. The van der Waals surface area contributed by atoms with Crippen LogP contribution < -0.4 is 10.6 Å². The number of thiol groups is 1. The van der Waals surface area contributed by atoms with Crippen molar-refractivity contribution in [3.8, 4) is 23.0 Å². The third-order valence-electron chi connectivity index (χ3n) is 11.6. The van der Waals surface area contributed by atoms with Crippen molar-refractivity contribution in [2.45, 2.75) is 81.3 Å². The average Bonchev–Trinajstić information content (AvgIpc) is 3.75. The minimum absolute atomic E-state index is 0.0711. The molecule has 1 fully saturated rings. The van der Waals surface area contributed by atoms with Crippen molar-refractivity contribution in [3.63, 3.8) is 0 Å². The SMILES string of the molecule is CC(C)(C#Cc1ccc(-c2ccc(Cl)c3c(CN(C(=O)CNC(=O)O)[SH](=O)=O)nn(CC(F)(F)F)c23)c(C(Cc2cc(F)cc(F)c2)NC(=O)Cn2nc(C(F)(F)F)c3c2C(F)(F)[C@@H]2C[C@H]32)n1)S(C)(=O)=O. The maximum atomic E-state index is 15.5. The van der Waals surface area contributed by atoms with Crippen LogP contribution in [0.1, 0.15) is 71.8 Å². The van der Waals surface area contributed by atoms with Gasteiger partial charge in [-0.15, -0.1) is 0 Å². The lowest BCUT2D eigenvalue weighted by Gasteiger charge is -2.23. The Morgan fingerprint density at radius 1 is 1.00 bits per heavy atom. The van der Waals surface area contributed by atoms with Gasteiger partial charge in [-0.1, -0.05) is 23.6 Å². The normalized spacial score (nSPS) is 16.8. The van der Waals surface area contributed by atoms with Crippen molar-refractivity contribution in [1.29, 1.82) is 0 Å². The van der Waals surface area contributed by atoms with E-state index in [1.165, 1.54) is 13.8 Å². The Hall–Kier alpha value is -6.47. The van der Waals surface area contributed by atoms with Gasteiger partial charge in [0, 0.05) is 40.3 Å². The Morgan fingerprint density at radius 2 is 1.65 bits per heavy atom. The molecule has 3 N–H and O–H groups in total. The maximum Gasteiger partial charge on any atom is 0.435 e. The Balaban J connectivity index is 1.45. The number of halogens is 11. The van der Waals surface area contributed by atoms with Gasteiger partial charge in [-0.25, -0.2) is 39.7 Å². The second kappa shape index (κ2) is 18.6. The summed E-state index contributed by atoms with van der Waals surface area (Å²) < 4.78 is 195. The van der Waals surface area contributed by atoms with Gasteiger partial charge < -0.3 is 15.7 Å². The van der Waals surface area contributed by atoms with Crippen molar-refractivity contribution >= 4 is 61.1 Å². The molecule has 2 aliphatic rings. The van der Waals surface area contributed by atoms with E-state index in [9.17, 15) is 66.3 Å². The number of pyridine rings is 1. The lowest BCUT2D eigenvalue weighted by molar-refractivity contribution is -0.143. The number of amides is 3. The molecule has 3 heterocycles. The van der Waals surface area contributed by atoms with E-state index in [-0.39, 0.29) is 42.8 Å². The molecular weight excluding hydrogens is 1030 g/mol. The molecule has 16 nitrogen and oxygen atoms in total. The predicted octanol–water partition coefficient (Wildman–Crippen LogP) is 6.41. The zero-order valence-electron chi connectivity index (χ0n) is 36.5. The third kappa shape index (κ3) is 10.9. The Bertz CT molecular complexity index is 3260. The molecule has 0 saturated heterocycles. The van der Waals surface area contributed by atoms with Gasteiger partial charge in [-0.3, -0.25) is 19.0 Å². The lowest BCUT2D eigenvalue weighted by Crippen LogP contribution is -2.38. The van der Waals surface area contributed by atoms with E-state index in [1.807, 2.05) is 0 Å². The molecule has 7 rings (SSSR count). The van der Waals surface area contributed by atoms with Crippen LogP contribution in [-0.4, -0.2) is 92.4 Å². The first-order valence-corrected chi connectivity index (χ1v) is 23.9. The predicted molar refractivity (Wildman–Crippen MR) is 230 cm³/mol. The summed E-state index contributed by atoms with van der Waals surface area (Å²) in [5.74, 6) is -6.50. The highest BCUT2D eigenvalue weighted by molar-refractivity contribution is 7.92. The van der Waals surface area contributed by atoms with Crippen molar-refractivity contribution < 1.29 is 80.2 Å². The second-order valence-electron chi connectivity index (χ2n) is 17.0. The van der Waals surface area contributed by atoms with Crippen LogP contribution in [0.15, 0.2) is 42.5 Å². The molecule has 1 unspecified atom stereocenters. The zero-order chi connectivity index (χ0) is 52.5. The molecule has 0 aliphatic heterocycles. The second-order valence-corrected chi connectivity index (χ2v) is 20.9. The van der Waals surface area contributed by atoms with Gasteiger partial charge in [-0.05, 0) is 74.4 Å². The Kier molecular flexibility index (Phi) is 13.7. The van der Waals surface area contributed by atoms with Crippen molar-refractivity contribution in [2.24, 2.45) is 5.92 Å². The molecule has 3 atom stereocenters. The van der Waals surface area contributed by atoms with Crippen LogP contribution in [-0.2, 0) is 68.5 Å². The number of sulfone groups is 1. The zero-order valence-corrected chi connectivity index (χ0v) is 39.0. The van der Waals surface area contributed by atoms with E-state index in [0.29, 0.717) is 10.7 Å². The number of carboxylic acid groups (broad SMARTS) is 1. The monoisotopic (exact) mass is 1070 g/mol. The molecule has 0 bridgehead atoms. The number of hydrogen-bond donors (Lipinski definition) is 4. The van der Waals surface area contributed by atoms with Crippen LogP contribution in [0.3, 0.4) is 0 Å². The fourth-order valence-electron chi connectivity index (χ4n) is 8.08. The molecule has 2 aliphatic carbocycles. The first-order chi connectivity index (χ1) is 32.8. The summed E-state index contributed by atoms with van der Waals surface area (Å²) in [5, 5.41) is 19.5. The maximum absolute atomic E-state index is 15.5. The molecule has 0 spiro atoms. The summed E-state index contributed by atoms with van der Waals surface area (Å²) in [6, 6.07) is 4.81. The highest BCUT2D eigenvalue weighted by Gasteiger charge is 2.68. The number of nitrogens with one attached hydrogen (secondary N) is 2. The molecule has 1 saturated carbocycles. The largest absolute Gasteiger partial charge is 0.465 e. The highest BCUT2D eigenvalue weighted by atomic mass is 35.5. The standard InChI is InChI=1S/C42H35ClF10N8O8S2/c1-39(2,71(3,68)69)9-8-22-4-5-23(24-6-7-27(43)33-29(57-60(35(24)33)18-40(46,47)48)16-61(70(66)67)31(63)15-54-38(64)65)34(55-22)28(12-19-10-20(44)13-21(45)11-19)56-30(62)17-59-37-32(36(58-59)42(51,52)53)25-14-26(25)41(37,49)50/h4-7,10-11,13,25-26,28,54,70H,12,14-18H2,1-3H3,(H,56,62)(H,64,65)/t25-,26+,28?/m0/s1. The van der Waals surface area contributed by atoms with Gasteiger partial charge in [0.1, 0.15) is 47.4 Å². The number of aromatic nitrogens is 5. The molecule has 29 heteroatoms. The van der Waals surface area contributed by atoms with Crippen LogP contribution in [0, 0.1) is 29.4 Å². The van der Waals surface area contributed by atoms with Crippen LogP contribution in [0.2, 0.25) is 5.02 Å². The fourth-order valence-corrected chi connectivity index (χ4v) is 9.08. The van der Waals surface area contributed by atoms with Crippen LogP contribution in [0.5, 0.6) is 0 Å². The number of alkyl halides is 8. The minimum Gasteiger partial charge on any atom is -0.465 e. The van der Waals surface area contributed by atoms with Gasteiger partial charge in [0.05, 0.1) is 34.5 Å². The molecule has 3 amide bonds. The van der Waals surface area contributed by atoms with Crippen LogP contribution in [0.25, 0.3) is 22.0 Å². The number of hydrogen-bond acceptors (Lipinski definition) is 10.